The maximum Gasteiger partial charge on any atom is 0.134 e. The van der Waals surface area contributed by atoms with Crippen molar-refractivity contribution in [3.63, 3.8) is 0 Å². The summed E-state index contributed by atoms with van der Waals surface area (Å²) >= 11 is 0. The molecule has 1 aromatic carbocycles. The van der Waals surface area contributed by atoms with Crippen molar-refractivity contribution in [3.05, 3.63) is 29.1 Å². The largest absolute Gasteiger partial charge is 0.496 e. The normalized spacial score (nSPS) is 18.4. The molecule has 2 nitrogen and oxygen atoms in total. The molecule has 0 spiro atoms. The average molecular weight is 209 g/mol. The first-order valence-electron chi connectivity index (χ1n) is 5.21. The first-order valence-corrected chi connectivity index (χ1v) is 5.21. The topological polar surface area (TPSA) is 35.2 Å². The zero-order chi connectivity index (χ0) is 11.1. The first-order chi connectivity index (χ1) is 7.08. The van der Waals surface area contributed by atoms with Gasteiger partial charge in [0.05, 0.1) is 7.11 Å². The van der Waals surface area contributed by atoms with Crippen LogP contribution < -0.4 is 10.5 Å². The summed E-state index contributed by atoms with van der Waals surface area (Å²) in [6, 6.07) is 3.51. The van der Waals surface area contributed by atoms with Crippen molar-refractivity contribution in [1.82, 2.24) is 0 Å². The minimum absolute atomic E-state index is 0.212. The summed E-state index contributed by atoms with van der Waals surface area (Å²) in [6.07, 6.45) is 2.74. The van der Waals surface area contributed by atoms with Crippen LogP contribution in [0.2, 0.25) is 0 Å². The SMILES string of the molecule is COc1ccc(C)c(F)c1C1(N)CCC1. The van der Waals surface area contributed by atoms with Gasteiger partial charge < -0.3 is 10.5 Å². The fraction of sp³-hybridized carbons (Fsp3) is 0.500. The van der Waals surface area contributed by atoms with Gasteiger partial charge in [-0.1, -0.05) is 6.07 Å². The zero-order valence-corrected chi connectivity index (χ0v) is 9.14. The highest BCUT2D eigenvalue weighted by Crippen LogP contribution is 2.44. The highest BCUT2D eigenvalue weighted by molar-refractivity contribution is 5.44. The summed E-state index contributed by atoms with van der Waals surface area (Å²) in [7, 11) is 1.55. The van der Waals surface area contributed by atoms with Gasteiger partial charge in [0.2, 0.25) is 0 Å². The summed E-state index contributed by atoms with van der Waals surface area (Å²) in [5.41, 5.74) is 6.82. The number of rotatable bonds is 2. The predicted molar refractivity (Wildman–Crippen MR) is 57.4 cm³/mol. The van der Waals surface area contributed by atoms with E-state index in [0.717, 1.165) is 19.3 Å². The van der Waals surface area contributed by atoms with E-state index in [0.29, 0.717) is 16.9 Å². The van der Waals surface area contributed by atoms with E-state index in [9.17, 15) is 4.39 Å². The first kappa shape index (κ1) is 10.4. The minimum atomic E-state index is -0.512. The van der Waals surface area contributed by atoms with Crippen LogP contribution in [0.5, 0.6) is 5.75 Å². The van der Waals surface area contributed by atoms with Gasteiger partial charge >= 0.3 is 0 Å². The molecule has 2 N–H and O–H groups in total. The van der Waals surface area contributed by atoms with Crippen LogP contribution in [0.4, 0.5) is 4.39 Å². The monoisotopic (exact) mass is 209 g/mol. The van der Waals surface area contributed by atoms with Gasteiger partial charge in [0.15, 0.2) is 0 Å². The van der Waals surface area contributed by atoms with E-state index in [2.05, 4.69) is 0 Å². The van der Waals surface area contributed by atoms with Crippen LogP contribution >= 0.6 is 0 Å². The molecule has 0 aliphatic heterocycles. The third-order valence-electron chi connectivity index (χ3n) is 3.26. The molecule has 1 aliphatic carbocycles. The summed E-state index contributed by atoms with van der Waals surface area (Å²) in [6.45, 7) is 1.75. The van der Waals surface area contributed by atoms with Gasteiger partial charge in [0.1, 0.15) is 11.6 Å². The number of methoxy groups -OCH3 is 1. The number of benzene rings is 1. The van der Waals surface area contributed by atoms with Crippen molar-refractivity contribution in [3.8, 4) is 5.75 Å². The highest BCUT2D eigenvalue weighted by Gasteiger charge is 2.39. The molecule has 82 valence electrons. The van der Waals surface area contributed by atoms with E-state index >= 15 is 0 Å². The fourth-order valence-corrected chi connectivity index (χ4v) is 2.10. The number of hydrogen-bond acceptors (Lipinski definition) is 2. The van der Waals surface area contributed by atoms with Gasteiger partial charge in [-0.2, -0.15) is 0 Å². The summed E-state index contributed by atoms with van der Waals surface area (Å²) < 4.78 is 19.2. The number of hydrogen-bond donors (Lipinski definition) is 1. The Kier molecular flexibility index (Phi) is 2.43. The van der Waals surface area contributed by atoms with Crippen molar-refractivity contribution in [2.24, 2.45) is 5.73 Å². The molecule has 0 bridgehead atoms. The average Bonchev–Trinajstić information content (AvgIpc) is 2.18. The molecule has 0 saturated heterocycles. The maximum absolute atomic E-state index is 14.0. The Morgan fingerprint density at radius 2 is 2.07 bits per heavy atom. The van der Waals surface area contributed by atoms with Crippen LogP contribution in [0.15, 0.2) is 12.1 Å². The second kappa shape index (κ2) is 3.49. The third-order valence-corrected chi connectivity index (χ3v) is 3.26. The van der Waals surface area contributed by atoms with Crippen LogP contribution in [-0.2, 0) is 5.54 Å². The van der Waals surface area contributed by atoms with E-state index in [-0.39, 0.29) is 5.82 Å². The van der Waals surface area contributed by atoms with E-state index in [1.54, 1.807) is 26.2 Å². The Hall–Kier alpha value is -1.09. The molecule has 0 aromatic heterocycles. The van der Waals surface area contributed by atoms with Crippen molar-refractivity contribution in [1.29, 1.82) is 0 Å². The Bertz CT molecular complexity index is 385. The maximum atomic E-state index is 14.0. The second-order valence-electron chi connectivity index (χ2n) is 4.28. The van der Waals surface area contributed by atoms with Gasteiger partial charge in [-0.05, 0) is 37.8 Å². The van der Waals surface area contributed by atoms with Gasteiger partial charge in [0.25, 0.3) is 0 Å². The van der Waals surface area contributed by atoms with Crippen molar-refractivity contribution in [2.45, 2.75) is 31.7 Å². The fourth-order valence-electron chi connectivity index (χ4n) is 2.10. The molecule has 0 heterocycles. The zero-order valence-electron chi connectivity index (χ0n) is 9.14. The van der Waals surface area contributed by atoms with Crippen LogP contribution in [0, 0.1) is 12.7 Å². The van der Waals surface area contributed by atoms with Crippen LogP contribution in [-0.4, -0.2) is 7.11 Å². The highest BCUT2D eigenvalue weighted by atomic mass is 19.1. The molecular weight excluding hydrogens is 193 g/mol. The van der Waals surface area contributed by atoms with Crippen molar-refractivity contribution < 1.29 is 9.13 Å². The lowest BCUT2D eigenvalue weighted by atomic mass is 9.72. The summed E-state index contributed by atoms with van der Waals surface area (Å²) in [4.78, 5) is 0. The Balaban J connectivity index is 2.56. The molecule has 1 saturated carbocycles. The van der Waals surface area contributed by atoms with Crippen molar-refractivity contribution in [2.75, 3.05) is 7.11 Å². The smallest absolute Gasteiger partial charge is 0.134 e. The van der Waals surface area contributed by atoms with E-state index in [1.807, 2.05) is 0 Å². The lowest BCUT2D eigenvalue weighted by molar-refractivity contribution is 0.234. The molecule has 0 amide bonds. The summed E-state index contributed by atoms with van der Waals surface area (Å²) in [5, 5.41) is 0. The molecule has 15 heavy (non-hydrogen) atoms. The van der Waals surface area contributed by atoms with E-state index < -0.39 is 5.54 Å². The quantitative estimate of drug-likeness (QED) is 0.812. The van der Waals surface area contributed by atoms with Gasteiger partial charge in [0, 0.05) is 11.1 Å². The Labute approximate surface area is 89.2 Å². The molecule has 1 fully saturated rings. The van der Waals surface area contributed by atoms with E-state index in [4.69, 9.17) is 10.5 Å². The van der Waals surface area contributed by atoms with Crippen LogP contribution in [0.25, 0.3) is 0 Å². The van der Waals surface area contributed by atoms with Crippen LogP contribution in [0.3, 0.4) is 0 Å². The molecule has 1 aliphatic rings. The van der Waals surface area contributed by atoms with E-state index in [1.165, 1.54) is 0 Å². The van der Waals surface area contributed by atoms with Crippen LogP contribution in [0.1, 0.15) is 30.4 Å². The number of nitrogens with two attached hydrogens (primary N) is 1. The number of halogens is 1. The number of aryl methyl sites for hydroxylation is 1. The van der Waals surface area contributed by atoms with Gasteiger partial charge in [-0.3, -0.25) is 0 Å². The lowest BCUT2D eigenvalue weighted by Gasteiger charge is -2.39. The molecule has 0 atom stereocenters. The van der Waals surface area contributed by atoms with Crippen molar-refractivity contribution >= 4 is 0 Å². The Morgan fingerprint density at radius 1 is 1.40 bits per heavy atom. The molecule has 2 rings (SSSR count). The van der Waals surface area contributed by atoms with Gasteiger partial charge in [-0.25, -0.2) is 4.39 Å². The molecule has 1 aromatic rings. The minimum Gasteiger partial charge on any atom is -0.496 e. The van der Waals surface area contributed by atoms with Gasteiger partial charge in [-0.15, -0.1) is 0 Å². The second-order valence-corrected chi connectivity index (χ2v) is 4.28. The third kappa shape index (κ3) is 1.51. The Morgan fingerprint density at radius 3 is 2.53 bits per heavy atom. The molecule has 0 unspecified atom stereocenters. The molecule has 0 radical (unpaired) electrons. The number of ether oxygens (including phenoxy) is 1. The predicted octanol–water partition coefficient (Wildman–Crippen LogP) is 2.48. The standard InChI is InChI=1S/C12H16FNO/c1-8-4-5-9(15-2)10(11(8)13)12(14)6-3-7-12/h4-5H,3,6-7,14H2,1-2H3. The molecule has 3 heteroatoms. The lowest BCUT2D eigenvalue weighted by Crippen LogP contribution is -2.44. The summed E-state index contributed by atoms with van der Waals surface area (Å²) in [5.74, 6) is 0.358. The molecular formula is C12H16FNO.